The zero-order chi connectivity index (χ0) is 32.6. The summed E-state index contributed by atoms with van der Waals surface area (Å²) in [5.74, 6) is -3.69. The molecule has 0 radical (unpaired) electrons. The minimum absolute atomic E-state index is 0.0712. The number of carbonyl (C=O) groups excluding carboxylic acids is 2. The van der Waals surface area contributed by atoms with Crippen LogP contribution in [0.1, 0.15) is 91.7 Å². The largest absolute Gasteiger partial charge is 0.469 e. The van der Waals surface area contributed by atoms with Gasteiger partial charge in [0.15, 0.2) is 8.32 Å². The molecule has 0 bridgehead atoms. The topological polar surface area (TPSA) is 76.7 Å². The van der Waals surface area contributed by atoms with E-state index in [0.717, 1.165) is 31.2 Å². The van der Waals surface area contributed by atoms with Crippen LogP contribution in [0.3, 0.4) is 0 Å². The molecule has 1 unspecified atom stereocenters. The summed E-state index contributed by atoms with van der Waals surface area (Å²) < 4.78 is 38.7. The normalized spacial score (nSPS) is 22.9. The third-order valence-corrected chi connectivity index (χ3v) is 14.8. The number of benzene rings is 1. The Hall–Kier alpha value is -1.71. The van der Waals surface area contributed by atoms with Crippen LogP contribution in [-0.4, -0.2) is 46.0 Å². The Morgan fingerprint density at radius 3 is 2.19 bits per heavy atom. The molecule has 0 aliphatic heterocycles. The third kappa shape index (κ3) is 8.94. The number of aryl methyl sites for hydroxylation is 1. The maximum Gasteiger partial charge on any atom is 0.315 e. The lowest BCUT2D eigenvalue weighted by atomic mass is 9.61. The van der Waals surface area contributed by atoms with Crippen LogP contribution in [0, 0.1) is 23.2 Å². The van der Waals surface area contributed by atoms with E-state index in [1.54, 1.807) is 0 Å². The zero-order valence-electron chi connectivity index (χ0n) is 27.8. The van der Waals surface area contributed by atoms with Crippen LogP contribution < -0.4 is 10.6 Å². The first-order valence-corrected chi connectivity index (χ1v) is 18.8. The fraction of sp³-hybridized carbons (Fsp3) is 0.758. The highest BCUT2D eigenvalue weighted by Gasteiger charge is 2.52. The summed E-state index contributed by atoms with van der Waals surface area (Å²) in [5.41, 5.74) is 0.595. The molecule has 0 heterocycles. The number of urea groups is 1. The van der Waals surface area contributed by atoms with E-state index in [4.69, 9.17) is 20.8 Å². The Labute approximate surface area is 263 Å². The van der Waals surface area contributed by atoms with Crippen molar-refractivity contribution in [3.8, 4) is 0 Å². The van der Waals surface area contributed by atoms with Gasteiger partial charge in [-0.15, -0.1) is 0 Å². The molecule has 1 aromatic rings. The highest BCUT2D eigenvalue weighted by molar-refractivity contribution is 6.74. The van der Waals surface area contributed by atoms with E-state index in [0.29, 0.717) is 23.1 Å². The Bertz CT molecular complexity index is 1150. The summed E-state index contributed by atoms with van der Waals surface area (Å²) in [4.78, 5) is 26.8. The number of rotatable bonds is 11. The summed E-state index contributed by atoms with van der Waals surface area (Å²) in [6, 6.07) is 4.47. The van der Waals surface area contributed by atoms with Crippen LogP contribution in [0.4, 0.5) is 13.6 Å². The monoisotopic (exact) mass is 642 g/mol. The third-order valence-electron chi connectivity index (χ3n) is 9.90. The maximum absolute atomic E-state index is 13.5. The molecule has 244 valence electrons. The maximum atomic E-state index is 13.5. The van der Waals surface area contributed by atoms with Gasteiger partial charge in [-0.1, -0.05) is 65.3 Å². The van der Waals surface area contributed by atoms with E-state index < -0.39 is 56.6 Å². The minimum atomic E-state index is -2.76. The molecule has 0 spiro atoms. The van der Waals surface area contributed by atoms with E-state index in [1.807, 2.05) is 25.1 Å². The highest BCUT2D eigenvalue weighted by Crippen LogP contribution is 2.48. The van der Waals surface area contributed by atoms with Crippen molar-refractivity contribution in [3.05, 3.63) is 34.3 Å². The number of alkyl halides is 2. The molecular weight excluding hydrogens is 590 g/mol. The van der Waals surface area contributed by atoms with Gasteiger partial charge in [-0.3, -0.25) is 4.79 Å². The average molecular weight is 643 g/mol. The molecule has 6 nitrogen and oxygen atoms in total. The van der Waals surface area contributed by atoms with Crippen LogP contribution in [0.25, 0.3) is 0 Å². The van der Waals surface area contributed by atoms with Gasteiger partial charge in [-0.25, -0.2) is 13.6 Å². The second-order valence-corrected chi connectivity index (χ2v) is 21.0. The Kier molecular flexibility index (Phi) is 10.8. The zero-order valence-corrected chi connectivity index (χ0v) is 29.5. The molecule has 2 aliphatic rings. The predicted molar refractivity (Wildman–Crippen MR) is 171 cm³/mol. The molecule has 0 aromatic heterocycles. The van der Waals surface area contributed by atoms with Crippen molar-refractivity contribution in [1.29, 1.82) is 0 Å². The number of hydrogen-bond donors (Lipinski definition) is 2. The van der Waals surface area contributed by atoms with Crippen molar-refractivity contribution in [2.24, 2.45) is 23.2 Å². The fourth-order valence-electron chi connectivity index (χ4n) is 5.90. The van der Waals surface area contributed by atoms with E-state index in [-0.39, 0.29) is 16.4 Å². The van der Waals surface area contributed by atoms with Crippen LogP contribution in [-0.2, 0) is 25.9 Å². The van der Waals surface area contributed by atoms with Gasteiger partial charge in [0.05, 0.1) is 18.6 Å². The lowest BCUT2D eigenvalue weighted by Gasteiger charge is -2.48. The smallest absolute Gasteiger partial charge is 0.315 e. The molecule has 3 rings (SSSR count). The van der Waals surface area contributed by atoms with Crippen LogP contribution in [0.5, 0.6) is 0 Å². The molecule has 2 atom stereocenters. The second-order valence-electron chi connectivity index (χ2n) is 15.8. The Morgan fingerprint density at radius 2 is 1.70 bits per heavy atom. The Morgan fingerprint density at radius 1 is 1.09 bits per heavy atom. The molecule has 0 saturated heterocycles. The summed E-state index contributed by atoms with van der Waals surface area (Å²) in [6.45, 7) is 20.1. The van der Waals surface area contributed by atoms with Gasteiger partial charge in [0.2, 0.25) is 0 Å². The van der Waals surface area contributed by atoms with Crippen LogP contribution in [0.15, 0.2) is 18.2 Å². The number of carbonyl (C=O) groups is 2. The summed E-state index contributed by atoms with van der Waals surface area (Å²) in [7, 11) is -0.566. The number of nitrogens with one attached hydrogen (secondary N) is 2. The van der Waals surface area contributed by atoms with Crippen LogP contribution in [0.2, 0.25) is 23.2 Å². The quantitative estimate of drug-likeness (QED) is 0.188. The predicted octanol–water partition coefficient (Wildman–Crippen LogP) is 8.47. The van der Waals surface area contributed by atoms with E-state index >= 15 is 0 Å². The minimum Gasteiger partial charge on any atom is -0.469 e. The lowest BCUT2D eigenvalue weighted by Crippen LogP contribution is -2.61. The van der Waals surface area contributed by atoms with Gasteiger partial charge in [0.25, 0.3) is 5.92 Å². The number of ether oxygens (including phenoxy) is 1. The first kappa shape index (κ1) is 35.8. The second kappa shape index (κ2) is 13.0. The molecule has 10 heteroatoms. The fourth-order valence-corrected chi connectivity index (χ4v) is 7.26. The average Bonchev–Trinajstić information content (AvgIpc) is 2.81. The van der Waals surface area contributed by atoms with Crippen molar-refractivity contribution < 1.29 is 27.5 Å². The first-order chi connectivity index (χ1) is 19.6. The van der Waals surface area contributed by atoms with Gasteiger partial charge in [0.1, 0.15) is 0 Å². The van der Waals surface area contributed by atoms with Gasteiger partial charge in [-0.2, -0.15) is 0 Å². The Balaban J connectivity index is 1.88. The van der Waals surface area contributed by atoms with Gasteiger partial charge < -0.3 is 19.8 Å². The summed E-state index contributed by atoms with van der Waals surface area (Å²) in [6.07, 6.45) is 2.44. The summed E-state index contributed by atoms with van der Waals surface area (Å²) in [5, 5.41) is 6.35. The molecule has 2 fully saturated rings. The van der Waals surface area contributed by atoms with Gasteiger partial charge in [0, 0.05) is 30.5 Å². The van der Waals surface area contributed by atoms with E-state index in [2.05, 4.69) is 65.3 Å². The van der Waals surface area contributed by atoms with Gasteiger partial charge in [-0.05, 0) is 85.2 Å². The first-order valence-electron chi connectivity index (χ1n) is 15.5. The van der Waals surface area contributed by atoms with Crippen molar-refractivity contribution in [3.63, 3.8) is 0 Å². The lowest BCUT2D eigenvalue weighted by molar-refractivity contribution is -0.154. The molecule has 43 heavy (non-hydrogen) atoms. The molecule has 2 N–H and O–H groups in total. The number of amides is 2. The summed E-state index contributed by atoms with van der Waals surface area (Å²) >= 11 is 6.80. The van der Waals surface area contributed by atoms with E-state index in [1.165, 1.54) is 7.11 Å². The molecule has 2 amide bonds. The van der Waals surface area contributed by atoms with Gasteiger partial charge >= 0.3 is 12.0 Å². The number of hydrogen-bond acceptors (Lipinski definition) is 4. The number of esters is 1. The number of halogens is 3. The van der Waals surface area contributed by atoms with Crippen molar-refractivity contribution >= 4 is 31.9 Å². The van der Waals surface area contributed by atoms with E-state index in [9.17, 15) is 18.4 Å². The van der Waals surface area contributed by atoms with Crippen LogP contribution >= 0.6 is 11.6 Å². The van der Waals surface area contributed by atoms with Crippen molar-refractivity contribution in [2.75, 3.05) is 13.7 Å². The molecule has 1 aromatic carbocycles. The standard InChI is InChI=1S/C33H53ClF2N2O4Si/c1-30(2,3)14-13-22-11-12-24(17-26(22)34)32(7,38-29(40)37-25-18-33(35,36)19-25)27(28(39)41-8)23-15-21(16-23)20-42-43(9,10)31(4,5)6/h11-12,17,21,23,25,27H,13-16,18-20H2,1-10H3,(H2,37,38,40)/t21?,23?,27?,32-/m0/s1. The molecule has 2 saturated carbocycles. The highest BCUT2D eigenvalue weighted by atomic mass is 35.5. The SMILES string of the molecule is COC(=O)C(C1CC(CO[Si](C)(C)C(C)(C)C)C1)[C@@](C)(NC(=O)NC1CC(F)(F)C1)c1ccc(CCC(C)(C)C)c(Cl)c1. The van der Waals surface area contributed by atoms with Crippen molar-refractivity contribution in [1.82, 2.24) is 10.6 Å². The number of methoxy groups -OCH3 is 1. The molecular formula is C33H53ClF2N2O4Si. The molecule has 2 aliphatic carbocycles. The van der Waals surface area contributed by atoms with Crippen molar-refractivity contribution in [2.45, 2.75) is 123 Å².